The van der Waals surface area contributed by atoms with Gasteiger partial charge < -0.3 is 9.84 Å². The van der Waals surface area contributed by atoms with Crippen LogP contribution in [0.1, 0.15) is 72.1 Å². The standard InChI is InChI=1S/C21H32O3/c1-13(22)24-21(3)11-9-19-18-6-4-14-12-15(23)5-7-16(14)17(18)8-10-20(19,21)2/h4,15-19,23H,5-12H2,1-3H3/t15-,16-,17+,18+,19-,20-,21-/m0/s1. The molecule has 3 fully saturated rings. The molecule has 0 unspecified atom stereocenters. The fourth-order valence-electron chi connectivity index (χ4n) is 6.96. The normalized spacial score (nSPS) is 50.3. The van der Waals surface area contributed by atoms with Crippen LogP contribution in [0.2, 0.25) is 0 Å². The van der Waals surface area contributed by atoms with Crippen molar-refractivity contribution in [1.82, 2.24) is 0 Å². The van der Waals surface area contributed by atoms with E-state index in [4.69, 9.17) is 4.74 Å². The quantitative estimate of drug-likeness (QED) is 0.577. The molecule has 0 aromatic carbocycles. The van der Waals surface area contributed by atoms with Crippen LogP contribution in [0, 0.1) is 29.1 Å². The molecule has 0 radical (unpaired) electrons. The topological polar surface area (TPSA) is 46.5 Å². The third-order valence-corrected chi connectivity index (χ3v) is 8.32. The summed E-state index contributed by atoms with van der Waals surface area (Å²) in [5.41, 5.74) is 1.37. The first-order valence-electron chi connectivity index (χ1n) is 9.90. The summed E-state index contributed by atoms with van der Waals surface area (Å²) in [6.07, 6.45) is 11.2. The number of fused-ring (bicyclic) bond motifs is 5. The van der Waals surface area contributed by atoms with Crippen molar-refractivity contribution in [3.63, 3.8) is 0 Å². The molecule has 7 atom stereocenters. The number of carbonyl (C=O) groups is 1. The first-order valence-corrected chi connectivity index (χ1v) is 9.90. The summed E-state index contributed by atoms with van der Waals surface area (Å²) in [7, 11) is 0. The Hall–Kier alpha value is -0.830. The molecule has 0 spiro atoms. The number of esters is 1. The van der Waals surface area contributed by atoms with E-state index in [2.05, 4.69) is 19.9 Å². The van der Waals surface area contributed by atoms with Crippen LogP contribution in [0.3, 0.4) is 0 Å². The summed E-state index contributed by atoms with van der Waals surface area (Å²) < 4.78 is 5.88. The minimum atomic E-state index is -0.290. The molecule has 0 amide bonds. The Morgan fingerprint density at radius 1 is 1.17 bits per heavy atom. The molecule has 4 aliphatic rings. The highest BCUT2D eigenvalue weighted by Gasteiger charge is 2.62. The molecule has 3 nitrogen and oxygen atoms in total. The van der Waals surface area contributed by atoms with Gasteiger partial charge in [0.25, 0.3) is 0 Å². The lowest BCUT2D eigenvalue weighted by atomic mass is 9.51. The van der Waals surface area contributed by atoms with Crippen molar-refractivity contribution >= 4 is 5.97 Å². The molecular weight excluding hydrogens is 300 g/mol. The predicted molar refractivity (Wildman–Crippen MR) is 93.3 cm³/mol. The van der Waals surface area contributed by atoms with Crippen LogP contribution in [0.25, 0.3) is 0 Å². The fourth-order valence-corrected chi connectivity index (χ4v) is 6.96. The van der Waals surface area contributed by atoms with Gasteiger partial charge in [-0.25, -0.2) is 0 Å². The first-order chi connectivity index (χ1) is 11.3. The van der Waals surface area contributed by atoms with Gasteiger partial charge in [0.1, 0.15) is 5.60 Å². The molecule has 0 saturated heterocycles. The number of aliphatic hydroxyl groups excluding tert-OH is 1. The first kappa shape index (κ1) is 16.6. The number of hydrogen-bond acceptors (Lipinski definition) is 3. The fraction of sp³-hybridized carbons (Fsp3) is 0.857. The lowest BCUT2D eigenvalue weighted by Gasteiger charge is -2.55. The average Bonchev–Trinajstić information content (AvgIpc) is 2.77. The van der Waals surface area contributed by atoms with Gasteiger partial charge in [-0.15, -0.1) is 0 Å². The third-order valence-electron chi connectivity index (χ3n) is 8.32. The van der Waals surface area contributed by atoms with Gasteiger partial charge in [-0.2, -0.15) is 0 Å². The Morgan fingerprint density at radius 2 is 1.96 bits per heavy atom. The second kappa shape index (κ2) is 5.59. The van der Waals surface area contributed by atoms with Gasteiger partial charge in [-0.05, 0) is 82.0 Å². The van der Waals surface area contributed by atoms with Gasteiger partial charge in [0.05, 0.1) is 6.10 Å². The van der Waals surface area contributed by atoms with E-state index in [1.165, 1.54) is 32.1 Å². The minimum Gasteiger partial charge on any atom is -0.459 e. The van der Waals surface area contributed by atoms with Gasteiger partial charge in [-0.1, -0.05) is 18.6 Å². The van der Waals surface area contributed by atoms with Crippen LogP contribution in [-0.2, 0) is 9.53 Å². The highest BCUT2D eigenvalue weighted by atomic mass is 16.6. The molecule has 3 saturated carbocycles. The summed E-state index contributed by atoms with van der Waals surface area (Å²) in [5, 5.41) is 10.00. The molecule has 0 aliphatic heterocycles. The number of allylic oxidation sites excluding steroid dienone is 1. The second-order valence-corrected chi connectivity index (χ2v) is 9.31. The van der Waals surface area contributed by atoms with Gasteiger partial charge in [-0.3, -0.25) is 4.79 Å². The van der Waals surface area contributed by atoms with Crippen molar-refractivity contribution in [2.24, 2.45) is 29.1 Å². The van der Waals surface area contributed by atoms with Crippen molar-refractivity contribution in [3.05, 3.63) is 11.6 Å². The van der Waals surface area contributed by atoms with Crippen molar-refractivity contribution in [1.29, 1.82) is 0 Å². The summed E-state index contributed by atoms with van der Waals surface area (Å²) >= 11 is 0. The van der Waals surface area contributed by atoms with E-state index >= 15 is 0 Å². The van der Waals surface area contributed by atoms with E-state index in [9.17, 15) is 9.90 Å². The number of carbonyl (C=O) groups excluding carboxylic acids is 1. The van der Waals surface area contributed by atoms with Crippen LogP contribution < -0.4 is 0 Å². The van der Waals surface area contributed by atoms with Gasteiger partial charge >= 0.3 is 5.97 Å². The number of ether oxygens (including phenoxy) is 1. The lowest BCUT2D eigenvalue weighted by Crippen LogP contribution is -2.52. The van der Waals surface area contributed by atoms with Crippen LogP contribution >= 0.6 is 0 Å². The van der Waals surface area contributed by atoms with Crippen molar-refractivity contribution in [3.8, 4) is 0 Å². The Kier molecular flexibility index (Phi) is 3.87. The molecule has 134 valence electrons. The van der Waals surface area contributed by atoms with E-state index in [1.54, 1.807) is 12.5 Å². The minimum absolute atomic E-state index is 0.114. The van der Waals surface area contributed by atoms with Crippen LogP contribution in [0.5, 0.6) is 0 Å². The Labute approximate surface area is 145 Å². The Balaban J connectivity index is 1.61. The van der Waals surface area contributed by atoms with E-state index in [-0.39, 0.29) is 23.1 Å². The van der Waals surface area contributed by atoms with E-state index in [1.807, 2.05) is 0 Å². The highest BCUT2D eigenvalue weighted by Crippen LogP contribution is 2.65. The largest absolute Gasteiger partial charge is 0.459 e. The van der Waals surface area contributed by atoms with Gasteiger partial charge in [0.2, 0.25) is 0 Å². The highest BCUT2D eigenvalue weighted by molar-refractivity contribution is 5.66. The smallest absolute Gasteiger partial charge is 0.303 e. The molecule has 3 heteroatoms. The van der Waals surface area contributed by atoms with Crippen molar-refractivity contribution in [2.75, 3.05) is 0 Å². The van der Waals surface area contributed by atoms with Crippen molar-refractivity contribution < 1.29 is 14.6 Å². The van der Waals surface area contributed by atoms with E-state index < -0.39 is 0 Å². The SMILES string of the molecule is CC(=O)O[C@@]1(C)CC[C@H]2[C@@H]3CC=C4C[C@@H](O)CC[C@@H]4[C@H]3CC[C@@]21C. The monoisotopic (exact) mass is 332 g/mol. The molecule has 0 aromatic rings. The van der Waals surface area contributed by atoms with Gasteiger partial charge in [0.15, 0.2) is 0 Å². The van der Waals surface area contributed by atoms with Crippen LogP contribution in [-0.4, -0.2) is 22.8 Å². The predicted octanol–water partition coefficient (Wildman–Crippen LogP) is 4.24. The lowest BCUT2D eigenvalue weighted by molar-refractivity contribution is -0.175. The zero-order valence-electron chi connectivity index (χ0n) is 15.4. The molecule has 4 aliphatic carbocycles. The maximum atomic E-state index is 11.7. The summed E-state index contributed by atoms with van der Waals surface area (Å²) in [6.45, 7) is 6.11. The van der Waals surface area contributed by atoms with E-state index in [0.29, 0.717) is 11.8 Å². The zero-order valence-corrected chi connectivity index (χ0v) is 15.4. The molecule has 4 rings (SSSR count). The molecule has 0 heterocycles. The van der Waals surface area contributed by atoms with Crippen molar-refractivity contribution in [2.45, 2.75) is 83.8 Å². The zero-order chi connectivity index (χ0) is 17.1. The molecule has 24 heavy (non-hydrogen) atoms. The number of aliphatic hydroxyl groups is 1. The molecule has 0 aromatic heterocycles. The number of rotatable bonds is 1. The summed E-state index contributed by atoms with van der Waals surface area (Å²) in [4.78, 5) is 11.7. The van der Waals surface area contributed by atoms with Crippen LogP contribution in [0.15, 0.2) is 11.6 Å². The molecular formula is C21H32O3. The Morgan fingerprint density at radius 3 is 2.71 bits per heavy atom. The summed E-state index contributed by atoms with van der Waals surface area (Å²) in [6, 6.07) is 0. The maximum absolute atomic E-state index is 11.7. The van der Waals surface area contributed by atoms with Crippen LogP contribution in [0.4, 0.5) is 0 Å². The van der Waals surface area contributed by atoms with E-state index in [0.717, 1.165) is 31.1 Å². The maximum Gasteiger partial charge on any atom is 0.303 e. The third kappa shape index (κ3) is 2.30. The second-order valence-electron chi connectivity index (χ2n) is 9.31. The molecule has 1 N–H and O–H groups in total. The van der Waals surface area contributed by atoms with Gasteiger partial charge in [0, 0.05) is 12.3 Å². The number of hydrogen-bond donors (Lipinski definition) is 1. The molecule has 0 bridgehead atoms. The summed E-state index contributed by atoms with van der Waals surface area (Å²) in [5.74, 6) is 2.77. The average molecular weight is 332 g/mol. The Bertz CT molecular complexity index is 567.